The second kappa shape index (κ2) is 4.00. The van der Waals surface area contributed by atoms with Crippen molar-refractivity contribution >= 4 is 11.6 Å². The fourth-order valence-electron chi connectivity index (χ4n) is 2.31. The van der Waals surface area contributed by atoms with E-state index in [1.807, 2.05) is 16.8 Å². The first-order chi connectivity index (χ1) is 8.26. The first kappa shape index (κ1) is 10.5. The maximum absolute atomic E-state index is 5.70. The molecule has 0 amide bonds. The highest BCUT2D eigenvalue weighted by atomic mass is 15.4. The van der Waals surface area contributed by atoms with Crippen LogP contribution in [0.2, 0.25) is 0 Å². The van der Waals surface area contributed by atoms with Crippen molar-refractivity contribution in [3.05, 3.63) is 23.9 Å². The van der Waals surface area contributed by atoms with Crippen molar-refractivity contribution in [3.63, 3.8) is 0 Å². The second-order valence-corrected chi connectivity index (χ2v) is 4.76. The van der Waals surface area contributed by atoms with Crippen LogP contribution in [0.1, 0.15) is 12.0 Å². The van der Waals surface area contributed by atoms with E-state index < -0.39 is 0 Å². The van der Waals surface area contributed by atoms with Crippen molar-refractivity contribution in [2.75, 3.05) is 24.5 Å². The van der Waals surface area contributed by atoms with E-state index in [-0.39, 0.29) is 0 Å². The highest BCUT2D eigenvalue weighted by molar-refractivity contribution is 5.45. The van der Waals surface area contributed by atoms with Gasteiger partial charge in [0.25, 0.3) is 0 Å². The predicted octanol–water partition coefficient (Wildman–Crippen LogP) is 0.823. The van der Waals surface area contributed by atoms with Crippen molar-refractivity contribution < 1.29 is 0 Å². The molecule has 2 N–H and O–H groups in total. The summed E-state index contributed by atoms with van der Waals surface area (Å²) in [6.07, 6.45) is 3.15. The summed E-state index contributed by atoms with van der Waals surface area (Å²) < 4.78 is 1.85. The molecule has 2 aromatic heterocycles. The Kier molecular flexibility index (Phi) is 2.48. The minimum absolute atomic E-state index is 0.586. The Balaban J connectivity index is 1.91. The maximum atomic E-state index is 5.70. The molecular formula is C12H17N5. The predicted molar refractivity (Wildman–Crippen MR) is 67.1 cm³/mol. The monoisotopic (exact) mass is 231 g/mol. The van der Waals surface area contributed by atoms with E-state index in [9.17, 15) is 0 Å². The summed E-state index contributed by atoms with van der Waals surface area (Å²) in [6.45, 7) is 4.80. The summed E-state index contributed by atoms with van der Waals surface area (Å²) in [5.74, 6) is 1.41. The van der Waals surface area contributed by atoms with E-state index >= 15 is 0 Å². The number of aryl methyl sites for hydroxylation is 1. The number of nitrogens with two attached hydrogens (primary N) is 1. The lowest BCUT2D eigenvalue weighted by Gasteiger charge is -2.12. The van der Waals surface area contributed by atoms with E-state index in [1.165, 1.54) is 5.56 Å². The molecule has 0 spiro atoms. The van der Waals surface area contributed by atoms with Gasteiger partial charge in [0, 0.05) is 19.3 Å². The van der Waals surface area contributed by atoms with E-state index in [1.54, 1.807) is 0 Å². The Morgan fingerprint density at radius 2 is 2.35 bits per heavy atom. The average Bonchev–Trinajstić information content (AvgIpc) is 2.93. The first-order valence-electron chi connectivity index (χ1n) is 6.04. The van der Waals surface area contributed by atoms with Gasteiger partial charge in [0.1, 0.15) is 0 Å². The topological polar surface area (TPSA) is 59.5 Å². The second-order valence-electron chi connectivity index (χ2n) is 4.76. The van der Waals surface area contributed by atoms with E-state index in [0.717, 1.165) is 37.7 Å². The molecule has 5 nitrogen and oxygen atoms in total. The summed E-state index contributed by atoms with van der Waals surface area (Å²) in [5.41, 5.74) is 7.79. The van der Waals surface area contributed by atoms with Crippen molar-refractivity contribution in [1.29, 1.82) is 0 Å². The van der Waals surface area contributed by atoms with Crippen LogP contribution in [0.25, 0.3) is 5.65 Å². The Bertz CT molecular complexity index is 533. The quantitative estimate of drug-likeness (QED) is 0.831. The van der Waals surface area contributed by atoms with E-state index in [0.29, 0.717) is 5.92 Å². The molecule has 0 bridgehead atoms. The molecule has 2 aromatic rings. The Morgan fingerprint density at radius 3 is 3.12 bits per heavy atom. The molecule has 1 unspecified atom stereocenters. The van der Waals surface area contributed by atoms with Gasteiger partial charge in [-0.2, -0.15) is 4.98 Å². The largest absolute Gasteiger partial charge is 0.339 e. The third kappa shape index (κ3) is 1.86. The molecule has 1 saturated heterocycles. The minimum atomic E-state index is 0.586. The molecule has 1 atom stereocenters. The molecule has 1 aliphatic rings. The molecule has 3 rings (SSSR count). The molecule has 1 aliphatic heterocycles. The molecule has 90 valence electrons. The van der Waals surface area contributed by atoms with Crippen LogP contribution in [0.15, 0.2) is 18.3 Å². The summed E-state index contributed by atoms with van der Waals surface area (Å²) in [6, 6.07) is 4.06. The molecular weight excluding hydrogens is 214 g/mol. The van der Waals surface area contributed by atoms with Gasteiger partial charge >= 0.3 is 0 Å². The lowest BCUT2D eigenvalue weighted by Crippen LogP contribution is -2.23. The number of anilines is 1. The zero-order chi connectivity index (χ0) is 11.8. The molecule has 0 aliphatic carbocycles. The fourth-order valence-corrected chi connectivity index (χ4v) is 2.31. The molecule has 0 aromatic carbocycles. The number of fused-ring (bicyclic) bond motifs is 1. The number of pyridine rings is 1. The molecule has 1 fully saturated rings. The van der Waals surface area contributed by atoms with Crippen LogP contribution in [0.3, 0.4) is 0 Å². The number of rotatable bonds is 2. The van der Waals surface area contributed by atoms with Gasteiger partial charge in [-0.3, -0.25) is 0 Å². The van der Waals surface area contributed by atoms with E-state index in [4.69, 9.17) is 5.73 Å². The number of nitrogens with zero attached hydrogens (tertiary/aromatic N) is 4. The van der Waals surface area contributed by atoms with Gasteiger partial charge in [-0.05, 0) is 37.4 Å². The maximum Gasteiger partial charge on any atom is 0.245 e. The van der Waals surface area contributed by atoms with Gasteiger partial charge in [-0.15, -0.1) is 5.10 Å². The Morgan fingerprint density at radius 1 is 1.47 bits per heavy atom. The van der Waals surface area contributed by atoms with Crippen molar-refractivity contribution in [2.45, 2.75) is 13.3 Å². The van der Waals surface area contributed by atoms with Crippen LogP contribution < -0.4 is 10.6 Å². The number of hydrogen-bond acceptors (Lipinski definition) is 4. The van der Waals surface area contributed by atoms with Crippen molar-refractivity contribution in [2.24, 2.45) is 11.7 Å². The van der Waals surface area contributed by atoms with Crippen LogP contribution in [0.5, 0.6) is 0 Å². The summed E-state index contributed by atoms with van der Waals surface area (Å²) >= 11 is 0. The van der Waals surface area contributed by atoms with Gasteiger partial charge in [0.2, 0.25) is 5.95 Å². The molecule has 0 radical (unpaired) electrons. The van der Waals surface area contributed by atoms with Crippen LogP contribution in [-0.2, 0) is 0 Å². The van der Waals surface area contributed by atoms with E-state index in [2.05, 4.69) is 28.0 Å². The van der Waals surface area contributed by atoms with Crippen LogP contribution in [-0.4, -0.2) is 34.2 Å². The van der Waals surface area contributed by atoms with Crippen LogP contribution in [0, 0.1) is 12.8 Å². The lowest BCUT2D eigenvalue weighted by molar-refractivity contribution is 0.602. The van der Waals surface area contributed by atoms with Crippen LogP contribution in [0.4, 0.5) is 5.95 Å². The zero-order valence-electron chi connectivity index (χ0n) is 10.0. The van der Waals surface area contributed by atoms with Gasteiger partial charge in [-0.25, -0.2) is 4.52 Å². The Labute approximate surface area is 100 Å². The summed E-state index contributed by atoms with van der Waals surface area (Å²) in [5, 5.41) is 4.51. The van der Waals surface area contributed by atoms with Crippen molar-refractivity contribution in [1.82, 2.24) is 14.6 Å². The Hall–Kier alpha value is -1.62. The summed E-state index contributed by atoms with van der Waals surface area (Å²) in [4.78, 5) is 6.76. The smallest absolute Gasteiger partial charge is 0.245 e. The third-order valence-corrected chi connectivity index (χ3v) is 3.37. The van der Waals surface area contributed by atoms with Gasteiger partial charge < -0.3 is 10.6 Å². The highest BCUT2D eigenvalue weighted by Gasteiger charge is 2.24. The van der Waals surface area contributed by atoms with Gasteiger partial charge in [0.05, 0.1) is 0 Å². The van der Waals surface area contributed by atoms with Crippen LogP contribution >= 0.6 is 0 Å². The average molecular weight is 231 g/mol. The zero-order valence-corrected chi connectivity index (χ0v) is 10.0. The standard InChI is InChI=1S/C12H17N5/c1-9-2-3-11-14-12(15-17(11)7-9)16-5-4-10(6-13)8-16/h2-3,7,10H,4-6,8,13H2,1H3. The van der Waals surface area contributed by atoms with Gasteiger partial charge in [0.15, 0.2) is 5.65 Å². The van der Waals surface area contributed by atoms with Crippen molar-refractivity contribution in [3.8, 4) is 0 Å². The molecule has 5 heteroatoms. The number of aromatic nitrogens is 3. The minimum Gasteiger partial charge on any atom is -0.339 e. The normalized spacial score (nSPS) is 20.4. The SMILES string of the molecule is Cc1ccc2nc(N3CCC(CN)C3)nn2c1. The highest BCUT2D eigenvalue weighted by Crippen LogP contribution is 2.20. The third-order valence-electron chi connectivity index (χ3n) is 3.37. The lowest BCUT2D eigenvalue weighted by atomic mass is 10.1. The molecule has 17 heavy (non-hydrogen) atoms. The van der Waals surface area contributed by atoms with Gasteiger partial charge in [-0.1, -0.05) is 6.07 Å². The molecule has 3 heterocycles. The molecule has 0 saturated carbocycles. The summed E-state index contributed by atoms with van der Waals surface area (Å²) in [7, 11) is 0. The number of hydrogen-bond donors (Lipinski definition) is 1. The first-order valence-corrected chi connectivity index (χ1v) is 6.04. The fraction of sp³-hybridized carbons (Fsp3) is 0.500.